The first kappa shape index (κ1) is 26.2. The van der Waals surface area contributed by atoms with Crippen molar-refractivity contribution in [3.8, 4) is 0 Å². The van der Waals surface area contributed by atoms with Gasteiger partial charge in [-0.2, -0.15) is 0 Å². The highest BCUT2D eigenvalue weighted by Gasteiger charge is 2.54. The SMILES string of the molecule is CCOC(=O)OCOC(=O)C1=C(COC)CS[C@H]2C(NC(=O)C(=NOC)c3csc(N)n3)C(=O)N12. The number of nitrogens with zero attached hydrogens (tertiary/aromatic N) is 3. The van der Waals surface area contributed by atoms with Crippen molar-refractivity contribution in [3.05, 3.63) is 22.3 Å². The second-order valence-electron chi connectivity index (χ2n) is 6.82. The van der Waals surface area contributed by atoms with Gasteiger partial charge in [-0.05, 0) is 12.5 Å². The maximum atomic E-state index is 13.0. The van der Waals surface area contributed by atoms with E-state index in [1.807, 2.05) is 0 Å². The number of nitrogen functional groups attached to an aromatic ring is 1. The highest BCUT2D eigenvalue weighted by atomic mass is 32.2. The van der Waals surface area contributed by atoms with E-state index in [1.165, 1.54) is 36.3 Å². The van der Waals surface area contributed by atoms with Gasteiger partial charge in [-0.15, -0.1) is 23.1 Å². The Bertz CT molecular complexity index is 1060. The van der Waals surface area contributed by atoms with Gasteiger partial charge in [0.1, 0.15) is 29.9 Å². The van der Waals surface area contributed by atoms with Crippen LogP contribution in [0.25, 0.3) is 0 Å². The number of β-lactam (4-membered cyclic amide) rings is 1. The Labute approximate surface area is 207 Å². The topological polar surface area (TPSA) is 181 Å². The van der Waals surface area contributed by atoms with Gasteiger partial charge in [-0.3, -0.25) is 14.5 Å². The fraction of sp³-hybridized carbons (Fsp3) is 0.474. The van der Waals surface area contributed by atoms with Crippen molar-refractivity contribution >= 4 is 57.9 Å². The number of aromatic nitrogens is 1. The summed E-state index contributed by atoms with van der Waals surface area (Å²) in [5, 5.41) is 7.48. The van der Waals surface area contributed by atoms with Crippen molar-refractivity contribution in [1.29, 1.82) is 0 Å². The van der Waals surface area contributed by atoms with E-state index in [1.54, 1.807) is 6.92 Å². The van der Waals surface area contributed by atoms with E-state index in [2.05, 4.69) is 24.9 Å². The summed E-state index contributed by atoms with van der Waals surface area (Å²) >= 11 is 2.45. The number of nitrogens with one attached hydrogen (secondary N) is 1. The van der Waals surface area contributed by atoms with Crippen molar-refractivity contribution in [2.75, 3.05) is 45.7 Å². The molecule has 0 aliphatic carbocycles. The van der Waals surface area contributed by atoms with Crippen LogP contribution in [0.2, 0.25) is 0 Å². The van der Waals surface area contributed by atoms with E-state index in [0.717, 1.165) is 11.3 Å². The second kappa shape index (κ2) is 11.9. The normalized spacial score (nSPS) is 19.5. The Hall–Kier alpha value is -3.37. The number of carbonyl (C=O) groups excluding carboxylic acids is 4. The Morgan fingerprint density at radius 2 is 2.06 bits per heavy atom. The van der Waals surface area contributed by atoms with Crippen LogP contribution in [0.4, 0.5) is 9.93 Å². The molecule has 0 bridgehead atoms. The van der Waals surface area contributed by atoms with Crippen LogP contribution < -0.4 is 11.1 Å². The summed E-state index contributed by atoms with van der Waals surface area (Å²) in [6, 6.07) is -0.951. The summed E-state index contributed by atoms with van der Waals surface area (Å²) in [4.78, 5) is 59.9. The van der Waals surface area contributed by atoms with E-state index >= 15 is 0 Å². The molecule has 2 aliphatic heterocycles. The molecule has 0 saturated carbocycles. The number of thioether (sulfide) groups is 1. The number of nitrogens with two attached hydrogens (primary N) is 1. The average Bonchev–Trinajstić information content (AvgIpc) is 3.26. The minimum atomic E-state index is -0.998. The third kappa shape index (κ3) is 5.83. The number of hydrogen-bond donors (Lipinski definition) is 2. The van der Waals surface area contributed by atoms with Crippen LogP contribution in [0.5, 0.6) is 0 Å². The van der Waals surface area contributed by atoms with Crippen molar-refractivity contribution in [3.63, 3.8) is 0 Å². The summed E-state index contributed by atoms with van der Waals surface area (Å²) in [6.45, 7) is 1.06. The summed E-state index contributed by atoms with van der Waals surface area (Å²) in [5.41, 5.74) is 6.15. The van der Waals surface area contributed by atoms with Crippen molar-refractivity contribution < 1.29 is 43.0 Å². The predicted molar refractivity (Wildman–Crippen MR) is 123 cm³/mol. The maximum absolute atomic E-state index is 13.0. The molecule has 1 aromatic rings. The van der Waals surface area contributed by atoms with Crippen LogP contribution in [0, 0.1) is 0 Å². The molecule has 190 valence electrons. The minimum Gasteiger partial charge on any atom is -0.435 e. The molecule has 16 heteroatoms. The van der Waals surface area contributed by atoms with E-state index in [4.69, 9.17) is 20.0 Å². The van der Waals surface area contributed by atoms with E-state index in [9.17, 15) is 19.2 Å². The lowest BCUT2D eigenvalue weighted by Gasteiger charge is -2.49. The number of esters is 1. The van der Waals surface area contributed by atoms with Gasteiger partial charge in [0.05, 0.1) is 13.2 Å². The summed E-state index contributed by atoms with van der Waals surface area (Å²) in [6.07, 6.45) is -0.998. The number of fused-ring (bicyclic) bond motifs is 1. The molecule has 2 aliphatic rings. The molecule has 1 unspecified atom stereocenters. The van der Waals surface area contributed by atoms with Gasteiger partial charge in [0.25, 0.3) is 11.8 Å². The summed E-state index contributed by atoms with van der Waals surface area (Å²) < 4.78 is 19.4. The lowest BCUT2D eigenvalue weighted by Crippen LogP contribution is -2.71. The first-order chi connectivity index (χ1) is 16.8. The van der Waals surface area contributed by atoms with Crippen molar-refractivity contribution in [1.82, 2.24) is 15.2 Å². The monoisotopic (exact) mass is 529 g/mol. The van der Waals surface area contributed by atoms with Gasteiger partial charge in [0.2, 0.25) is 6.79 Å². The lowest BCUT2D eigenvalue weighted by atomic mass is 10.0. The number of amides is 2. The van der Waals surface area contributed by atoms with Gasteiger partial charge in [0.15, 0.2) is 10.8 Å². The highest BCUT2D eigenvalue weighted by Crippen LogP contribution is 2.40. The molecule has 0 spiro atoms. The quantitative estimate of drug-likeness (QED) is 0.137. The molecule has 1 saturated heterocycles. The van der Waals surface area contributed by atoms with Crippen LogP contribution in [-0.2, 0) is 38.2 Å². The van der Waals surface area contributed by atoms with Gasteiger partial charge in [-0.1, -0.05) is 5.16 Å². The largest absolute Gasteiger partial charge is 0.511 e. The van der Waals surface area contributed by atoms with Gasteiger partial charge < -0.3 is 34.8 Å². The fourth-order valence-corrected chi connectivity index (χ4v) is 5.09. The number of methoxy groups -OCH3 is 1. The Kier molecular flexibility index (Phi) is 8.89. The average molecular weight is 530 g/mol. The van der Waals surface area contributed by atoms with E-state index in [0.29, 0.717) is 11.3 Å². The molecule has 3 rings (SSSR count). The molecule has 0 aromatic carbocycles. The molecule has 0 radical (unpaired) electrons. The molecular weight excluding hydrogens is 506 g/mol. The third-order valence-electron chi connectivity index (χ3n) is 4.64. The van der Waals surface area contributed by atoms with E-state index < -0.39 is 42.1 Å². The standard InChI is InChI=1S/C19H23N5O9S2/c1-4-31-19(28)33-8-32-17(27)13-9(5-29-2)6-34-16-12(15(26)24(13)16)22-14(25)11(23-30-3)10-7-35-18(20)21-10/h7,12,16H,4-6,8H2,1-3H3,(H2,20,21)(H,22,25)/t12?,16-/m0/s1. The second-order valence-corrected chi connectivity index (χ2v) is 8.81. The Morgan fingerprint density at radius 1 is 1.29 bits per heavy atom. The molecule has 2 atom stereocenters. The summed E-state index contributed by atoms with van der Waals surface area (Å²) in [5.74, 6) is -1.80. The number of anilines is 1. The number of hydrogen-bond acceptors (Lipinski definition) is 14. The van der Waals surface area contributed by atoms with Crippen LogP contribution >= 0.6 is 23.1 Å². The molecule has 3 N–H and O–H groups in total. The molecule has 3 heterocycles. The first-order valence-corrected chi connectivity index (χ1v) is 12.0. The van der Waals surface area contributed by atoms with Crippen LogP contribution in [-0.4, -0.2) is 90.9 Å². The van der Waals surface area contributed by atoms with Crippen molar-refractivity contribution in [2.45, 2.75) is 18.3 Å². The van der Waals surface area contributed by atoms with Crippen LogP contribution in [0.3, 0.4) is 0 Å². The van der Waals surface area contributed by atoms with Crippen LogP contribution in [0.15, 0.2) is 21.8 Å². The summed E-state index contributed by atoms with van der Waals surface area (Å²) in [7, 11) is 2.71. The number of ether oxygens (including phenoxy) is 4. The van der Waals surface area contributed by atoms with Gasteiger partial charge in [0, 0.05) is 18.2 Å². The van der Waals surface area contributed by atoms with Crippen molar-refractivity contribution in [2.24, 2.45) is 5.16 Å². The molecule has 2 amide bonds. The Balaban J connectivity index is 1.72. The number of carbonyl (C=O) groups is 4. The highest BCUT2D eigenvalue weighted by molar-refractivity contribution is 8.00. The third-order valence-corrected chi connectivity index (χ3v) is 6.65. The van der Waals surface area contributed by atoms with Gasteiger partial charge in [-0.25, -0.2) is 14.6 Å². The molecule has 14 nitrogen and oxygen atoms in total. The lowest BCUT2D eigenvalue weighted by molar-refractivity contribution is -0.157. The zero-order valence-electron chi connectivity index (χ0n) is 19.0. The maximum Gasteiger partial charge on any atom is 0.511 e. The molecule has 35 heavy (non-hydrogen) atoms. The molecule has 1 fully saturated rings. The molecular formula is C19H23N5O9S2. The fourth-order valence-electron chi connectivity index (χ4n) is 3.22. The smallest absolute Gasteiger partial charge is 0.435 e. The number of rotatable bonds is 10. The minimum absolute atomic E-state index is 0.0309. The Morgan fingerprint density at radius 3 is 2.69 bits per heavy atom. The predicted octanol–water partition coefficient (Wildman–Crippen LogP) is 0.0500. The van der Waals surface area contributed by atoms with E-state index in [-0.39, 0.29) is 35.4 Å². The number of thiazole rings is 1. The number of oxime groups is 1. The zero-order chi connectivity index (χ0) is 25.5. The van der Waals surface area contributed by atoms with Gasteiger partial charge >= 0.3 is 12.1 Å². The van der Waals surface area contributed by atoms with Crippen LogP contribution in [0.1, 0.15) is 12.6 Å². The molecule has 1 aromatic heterocycles. The first-order valence-electron chi connectivity index (χ1n) is 10.1. The zero-order valence-corrected chi connectivity index (χ0v) is 20.6.